The molecule has 118 valence electrons. The number of hydrazine groups is 1. The molecule has 0 atom stereocenters. The van der Waals surface area contributed by atoms with Crippen LogP contribution in [0.5, 0.6) is 5.75 Å². The third kappa shape index (κ3) is 3.17. The van der Waals surface area contributed by atoms with Crippen LogP contribution in [-0.4, -0.2) is 16.1 Å². The second-order valence-electron chi connectivity index (χ2n) is 5.50. The van der Waals surface area contributed by atoms with E-state index in [9.17, 15) is 0 Å². The lowest BCUT2D eigenvalue weighted by Gasteiger charge is -2.11. The van der Waals surface area contributed by atoms with Crippen molar-refractivity contribution >= 4 is 22.7 Å². The molecule has 1 aromatic heterocycles. The van der Waals surface area contributed by atoms with Crippen LogP contribution in [0.15, 0.2) is 42.5 Å². The van der Waals surface area contributed by atoms with Gasteiger partial charge in [0.25, 0.3) is 0 Å². The summed E-state index contributed by atoms with van der Waals surface area (Å²) in [6, 6.07) is 13.8. The second-order valence-corrected chi connectivity index (χ2v) is 5.50. The predicted octanol–water partition coefficient (Wildman–Crippen LogP) is 2.95. The van der Waals surface area contributed by atoms with Crippen molar-refractivity contribution in [3.8, 4) is 16.9 Å². The highest BCUT2D eigenvalue weighted by Gasteiger charge is 2.08. The highest BCUT2D eigenvalue weighted by molar-refractivity contribution is 5.93. The summed E-state index contributed by atoms with van der Waals surface area (Å²) in [6.07, 6.45) is 0.155. The maximum absolute atomic E-state index is 5.67. The Kier molecular flexibility index (Phi) is 3.99. The fraction of sp³-hybridized carbons (Fsp3) is 0.176. The van der Waals surface area contributed by atoms with E-state index < -0.39 is 0 Å². The van der Waals surface area contributed by atoms with Crippen molar-refractivity contribution in [1.82, 2.24) is 9.97 Å². The summed E-state index contributed by atoms with van der Waals surface area (Å²) in [5, 5.41) is 0.821. The number of hydrogen-bond donors (Lipinski definition) is 3. The van der Waals surface area contributed by atoms with Gasteiger partial charge >= 0.3 is 0 Å². The van der Waals surface area contributed by atoms with Gasteiger partial charge in [0, 0.05) is 5.39 Å². The van der Waals surface area contributed by atoms with Crippen LogP contribution in [-0.2, 0) is 0 Å². The van der Waals surface area contributed by atoms with Gasteiger partial charge in [-0.1, -0.05) is 18.2 Å². The fourth-order valence-electron chi connectivity index (χ4n) is 2.43. The van der Waals surface area contributed by atoms with Gasteiger partial charge < -0.3 is 15.9 Å². The van der Waals surface area contributed by atoms with Crippen LogP contribution in [0.25, 0.3) is 22.0 Å². The van der Waals surface area contributed by atoms with Crippen molar-refractivity contribution in [3.63, 3.8) is 0 Å². The zero-order valence-corrected chi connectivity index (χ0v) is 13.1. The van der Waals surface area contributed by atoms with Crippen LogP contribution in [0.4, 0.5) is 11.8 Å². The summed E-state index contributed by atoms with van der Waals surface area (Å²) in [7, 11) is 0. The summed E-state index contributed by atoms with van der Waals surface area (Å²) in [5.74, 6) is 7.08. The fourth-order valence-corrected chi connectivity index (χ4v) is 2.43. The molecular weight excluding hydrogens is 290 g/mol. The van der Waals surface area contributed by atoms with Crippen LogP contribution in [0, 0.1) is 0 Å². The number of hydrogen-bond acceptors (Lipinski definition) is 6. The van der Waals surface area contributed by atoms with Crippen molar-refractivity contribution in [2.75, 3.05) is 11.2 Å². The smallest absolute Gasteiger partial charge is 0.222 e. The van der Waals surface area contributed by atoms with E-state index in [1.807, 2.05) is 56.3 Å². The molecule has 6 heteroatoms. The lowest BCUT2D eigenvalue weighted by atomic mass is 10.0. The van der Waals surface area contributed by atoms with Crippen molar-refractivity contribution in [1.29, 1.82) is 0 Å². The number of nitrogens with zero attached hydrogens (tertiary/aromatic N) is 2. The molecule has 3 aromatic rings. The van der Waals surface area contributed by atoms with Crippen molar-refractivity contribution < 1.29 is 4.74 Å². The maximum atomic E-state index is 5.67. The Bertz CT molecular complexity index is 830. The first-order chi connectivity index (χ1) is 11.1. The average molecular weight is 309 g/mol. The van der Waals surface area contributed by atoms with E-state index in [1.54, 1.807) is 0 Å². The van der Waals surface area contributed by atoms with E-state index in [0.717, 1.165) is 27.8 Å². The van der Waals surface area contributed by atoms with Gasteiger partial charge in [-0.05, 0) is 49.2 Å². The molecule has 0 bridgehead atoms. The van der Waals surface area contributed by atoms with Gasteiger partial charge in [-0.2, -0.15) is 4.98 Å². The molecule has 0 aliphatic carbocycles. The average Bonchev–Trinajstić information content (AvgIpc) is 2.54. The van der Waals surface area contributed by atoms with Crippen LogP contribution in [0.2, 0.25) is 0 Å². The first-order valence-corrected chi connectivity index (χ1v) is 7.38. The van der Waals surface area contributed by atoms with Gasteiger partial charge in [0.15, 0.2) is 5.82 Å². The molecule has 3 rings (SSSR count). The molecule has 2 aromatic carbocycles. The van der Waals surface area contributed by atoms with Crippen molar-refractivity contribution in [2.45, 2.75) is 20.0 Å². The number of nitrogens with two attached hydrogens (primary N) is 2. The van der Waals surface area contributed by atoms with E-state index in [0.29, 0.717) is 5.82 Å². The molecule has 0 unspecified atom stereocenters. The molecule has 0 saturated heterocycles. The third-order valence-corrected chi connectivity index (χ3v) is 3.41. The normalized spacial score (nSPS) is 11.0. The summed E-state index contributed by atoms with van der Waals surface area (Å²) in [5.41, 5.74) is 11.1. The number of benzene rings is 2. The number of anilines is 2. The zero-order chi connectivity index (χ0) is 16.4. The highest BCUT2D eigenvalue weighted by atomic mass is 16.5. The monoisotopic (exact) mass is 309 g/mol. The number of aromatic nitrogens is 2. The first kappa shape index (κ1) is 15.1. The highest BCUT2D eigenvalue weighted by Crippen LogP contribution is 2.28. The van der Waals surface area contributed by atoms with E-state index >= 15 is 0 Å². The Balaban J connectivity index is 2.01. The van der Waals surface area contributed by atoms with Gasteiger partial charge in [0.2, 0.25) is 5.95 Å². The predicted molar refractivity (Wildman–Crippen MR) is 93.0 cm³/mol. The number of ether oxygens (including phenoxy) is 1. The number of fused-ring (bicyclic) bond motifs is 1. The molecule has 1 heterocycles. The van der Waals surface area contributed by atoms with Crippen LogP contribution >= 0.6 is 0 Å². The molecule has 0 aliphatic heterocycles. The number of nitrogen functional groups attached to an aromatic ring is 2. The minimum Gasteiger partial charge on any atom is -0.491 e. The number of nitrogens with one attached hydrogen (secondary N) is 1. The van der Waals surface area contributed by atoms with Crippen molar-refractivity contribution in [2.24, 2.45) is 5.84 Å². The Labute approximate surface area is 134 Å². The van der Waals surface area contributed by atoms with Crippen molar-refractivity contribution in [3.05, 3.63) is 42.5 Å². The SMILES string of the molecule is CC(C)Oc1ccc(-c2ccc3nc(N)nc(NN)c3c2)cc1. The Morgan fingerprint density at radius 2 is 1.70 bits per heavy atom. The summed E-state index contributed by atoms with van der Waals surface area (Å²) in [4.78, 5) is 8.33. The van der Waals surface area contributed by atoms with Gasteiger partial charge in [0.05, 0.1) is 11.6 Å². The molecule has 6 nitrogen and oxygen atoms in total. The third-order valence-electron chi connectivity index (χ3n) is 3.41. The molecule has 0 spiro atoms. The Morgan fingerprint density at radius 3 is 2.35 bits per heavy atom. The van der Waals surface area contributed by atoms with Gasteiger partial charge in [-0.3, -0.25) is 0 Å². The van der Waals surface area contributed by atoms with Crippen LogP contribution < -0.4 is 21.7 Å². The van der Waals surface area contributed by atoms with E-state index in [1.165, 1.54) is 0 Å². The molecule has 0 aliphatic rings. The second kappa shape index (κ2) is 6.10. The molecule has 0 amide bonds. The first-order valence-electron chi connectivity index (χ1n) is 7.38. The van der Waals surface area contributed by atoms with E-state index in [4.69, 9.17) is 16.3 Å². The van der Waals surface area contributed by atoms with Crippen LogP contribution in [0.1, 0.15) is 13.8 Å². The summed E-state index contributed by atoms with van der Waals surface area (Å²) < 4.78 is 5.66. The zero-order valence-electron chi connectivity index (χ0n) is 13.1. The van der Waals surface area contributed by atoms with Gasteiger partial charge in [-0.25, -0.2) is 10.8 Å². The van der Waals surface area contributed by atoms with Gasteiger partial charge in [0.1, 0.15) is 5.75 Å². The molecule has 0 saturated carbocycles. The molecule has 5 N–H and O–H groups in total. The largest absolute Gasteiger partial charge is 0.491 e. The lowest BCUT2D eigenvalue weighted by Crippen LogP contribution is -2.11. The standard InChI is InChI=1S/C17H19N5O/c1-10(2)23-13-6-3-11(4-7-13)12-5-8-15-14(9-12)16(22-19)21-17(18)20-15/h3-10H,19H2,1-2H3,(H3,18,20,21,22). The van der Waals surface area contributed by atoms with E-state index in [-0.39, 0.29) is 12.1 Å². The molecule has 23 heavy (non-hydrogen) atoms. The topological polar surface area (TPSA) is 99.1 Å². The molecular formula is C17H19N5O. The Morgan fingerprint density at radius 1 is 1.00 bits per heavy atom. The van der Waals surface area contributed by atoms with Gasteiger partial charge in [-0.15, -0.1) is 0 Å². The van der Waals surface area contributed by atoms with E-state index in [2.05, 4.69) is 15.4 Å². The molecule has 0 fully saturated rings. The summed E-state index contributed by atoms with van der Waals surface area (Å²) in [6.45, 7) is 4.01. The lowest BCUT2D eigenvalue weighted by molar-refractivity contribution is 0.242. The molecule has 0 radical (unpaired) electrons. The Hall–Kier alpha value is -2.86. The minimum atomic E-state index is 0.155. The summed E-state index contributed by atoms with van der Waals surface area (Å²) >= 11 is 0. The maximum Gasteiger partial charge on any atom is 0.222 e. The van der Waals surface area contributed by atoms with Crippen LogP contribution in [0.3, 0.4) is 0 Å². The number of rotatable bonds is 4. The quantitative estimate of drug-likeness (QED) is 0.506. The minimum absolute atomic E-state index is 0.155.